The molecule has 162 valence electrons. The maximum atomic E-state index is 9.31. The molecule has 0 radical (unpaired) electrons. The van der Waals surface area contributed by atoms with Gasteiger partial charge in [0, 0.05) is 14.3 Å². The molecule has 0 amide bonds. The van der Waals surface area contributed by atoms with Crippen LogP contribution in [0.15, 0.2) is 36.4 Å². The van der Waals surface area contributed by atoms with Gasteiger partial charge in [-0.25, -0.2) is 0 Å². The Bertz CT molecular complexity index is 868. The predicted molar refractivity (Wildman–Crippen MR) is 178 cm³/mol. The number of aromatic hydroxyl groups is 2. The maximum Gasteiger partial charge on any atom is 0.142 e. The maximum absolute atomic E-state index is 9.31. The lowest BCUT2D eigenvalue weighted by molar-refractivity contribution is 0.467. The molecule has 0 aromatic heterocycles. The fourth-order valence-electron chi connectivity index (χ4n) is 2.20. The Balaban J connectivity index is 0.000000230. The average molecular weight is 1080 g/mol. The average Bonchev–Trinajstić information content (AvgIpc) is 2.70. The lowest BCUT2D eigenvalue weighted by Gasteiger charge is -2.13. The molecule has 8 heteroatoms. The number of phenolic OH excluding ortho intramolecular Hbond substituents is 2. The summed E-state index contributed by atoms with van der Waals surface area (Å²) >= 11 is 13.5. The third kappa shape index (κ3) is 9.12. The van der Waals surface area contributed by atoms with E-state index >= 15 is 0 Å². The molecule has 0 heterocycles. The molecular weight excluding hydrogens is 1060 g/mol. The summed E-state index contributed by atoms with van der Waals surface area (Å²) in [6.45, 7) is 8.80. The van der Waals surface area contributed by atoms with Crippen LogP contribution in [0.5, 0.6) is 11.5 Å². The van der Waals surface area contributed by atoms with E-state index in [-0.39, 0.29) is 0 Å². The van der Waals surface area contributed by atoms with Crippen LogP contribution >= 0.6 is 136 Å². The van der Waals surface area contributed by atoms with E-state index in [1.54, 1.807) is 12.1 Å². The van der Waals surface area contributed by atoms with E-state index in [0.29, 0.717) is 11.5 Å². The number of benzene rings is 3. The predicted octanol–water partition coefficient (Wildman–Crippen LogP) is 9.33. The van der Waals surface area contributed by atoms with Crippen molar-refractivity contribution in [3.63, 3.8) is 0 Å². The van der Waals surface area contributed by atoms with Crippen molar-refractivity contribution in [1.82, 2.24) is 0 Å². The van der Waals surface area contributed by atoms with Crippen LogP contribution in [0.4, 0.5) is 0 Å². The number of hydrogen-bond acceptors (Lipinski definition) is 2. The van der Waals surface area contributed by atoms with Crippen LogP contribution in [0, 0.1) is 49.1 Å². The van der Waals surface area contributed by atoms with Gasteiger partial charge in [-0.1, -0.05) is 0 Å². The zero-order valence-corrected chi connectivity index (χ0v) is 29.6. The second-order valence-corrected chi connectivity index (χ2v) is 13.3. The van der Waals surface area contributed by atoms with Crippen molar-refractivity contribution in [3.05, 3.63) is 80.1 Å². The van der Waals surface area contributed by atoms with Crippen molar-refractivity contribution in [2.24, 2.45) is 0 Å². The summed E-state index contributed by atoms with van der Waals surface area (Å²) in [4.78, 5) is 0. The first kappa shape index (κ1) is 29.7. The van der Waals surface area contributed by atoms with Crippen LogP contribution in [0.1, 0.15) is 22.3 Å². The molecule has 30 heavy (non-hydrogen) atoms. The Morgan fingerprint density at radius 2 is 0.867 bits per heavy atom. The third-order valence-electron chi connectivity index (χ3n) is 4.25. The highest BCUT2D eigenvalue weighted by atomic mass is 127. The molecule has 0 aliphatic heterocycles. The Morgan fingerprint density at radius 3 is 1.17 bits per heavy atom. The quantitative estimate of drug-likeness (QED) is 0.221. The molecule has 2 nitrogen and oxygen atoms in total. The van der Waals surface area contributed by atoms with Gasteiger partial charge in [-0.05, 0) is 222 Å². The zero-order chi connectivity index (χ0) is 23.2. The first-order valence-corrected chi connectivity index (χ1v) is 15.0. The van der Waals surface area contributed by atoms with Crippen molar-refractivity contribution >= 4 is 136 Å². The van der Waals surface area contributed by atoms with Crippen molar-refractivity contribution in [1.29, 1.82) is 0 Å². The van der Waals surface area contributed by atoms with Crippen LogP contribution in [-0.2, 0) is 0 Å². The highest BCUT2D eigenvalue weighted by Gasteiger charge is 2.10. The molecule has 0 atom stereocenters. The van der Waals surface area contributed by atoms with E-state index in [4.69, 9.17) is 5.11 Å². The fourth-order valence-corrected chi connectivity index (χ4v) is 7.76. The normalized spacial score (nSPS) is 9.93. The van der Waals surface area contributed by atoms with E-state index in [9.17, 15) is 5.11 Å². The minimum absolute atomic E-state index is 0.324. The minimum Gasteiger partial charge on any atom is -0.508 e. The van der Waals surface area contributed by atoms with Crippen LogP contribution in [0.2, 0.25) is 0 Å². The van der Waals surface area contributed by atoms with Crippen LogP contribution in [0.3, 0.4) is 0 Å². The van der Waals surface area contributed by atoms with E-state index in [0.717, 1.165) is 14.3 Å². The first-order chi connectivity index (χ1) is 13.9. The number of phenols is 2. The van der Waals surface area contributed by atoms with Crippen molar-refractivity contribution in [3.8, 4) is 11.5 Å². The molecule has 0 aliphatic carbocycles. The zero-order valence-electron chi connectivity index (χ0n) is 16.6. The molecule has 0 fully saturated rings. The van der Waals surface area contributed by atoms with Crippen LogP contribution < -0.4 is 0 Å². The van der Waals surface area contributed by atoms with Gasteiger partial charge < -0.3 is 10.2 Å². The van der Waals surface area contributed by atoms with Gasteiger partial charge in [0.2, 0.25) is 0 Å². The Kier molecular flexibility index (Phi) is 14.0. The lowest BCUT2D eigenvalue weighted by atomic mass is 10.0. The number of rotatable bonds is 0. The third-order valence-corrected chi connectivity index (χ3v) is 10.5. The highest BCUT2D eigenvalue weighted by molar-refractivity contribution is 14.1. The van der Waals surface area contributed by atoms with E-state index < -0.39 is 0 Å². The van der Waals surface area contributed by atoms with E-state index in [2.05, 4.69) is 163 Å². The largest absolute Gasteiger partial charge is 0.508 e. The monoisotopic (exact) mass is 1080 g/mol. The summed E-state index contributed by atoms with van der Waals surface area (Å²) in [6, 6.07) is 10.9. The van der Waals surface area contributed by atoms with Gasteiger partial charge in [-0.15, -0.1) is 0 Å². The van der Waals surface area contributed by atoms with Gasteiger partial charge in [-0.2, -0.15) is 0 Å². The summed E-state index contributed by atoms with van der Waals surface area (Å²) < 4.78 is 6.96. The summed E-state index contributed by atoms with van der Waals surface area (Å²) in [5, 5.41) is 18.1. The van der Waals surface area contributed by atoms with Gasteiger partial charge in [0.15, 0.2) is 0 Å². The molecule has 0 spiro atoms. The first-order valence-electron chi connectivity index (χ1n) is 8.56. The SMILES string of the molecule is Cc1c(C)c(I)c(C)c(C)c1I.Oc1c(I)cc(I)cc1I.Oc1ccc(I)cc1. The van der Waals surface area contributed by atoms with Gasteiger partial charge >= 0.3 is 0 Å². The standard InChI is InChI=1S/C10H12I2.C6H3I3O.C6H5IO/c1-5-6(2)10(12)8(4)7(3)9(5)11;7-3-1-4(8)6(10)5(9)2-3;7-5-1-3-6(8)4-2-5/h1-4H3;1-2,10H;1-4,8H. The highest BCUT2D eigenvalue weighted by Crippen LogP contribution is 2.29. The topological polar surface area (TPSA) is 40.5 Å². The van der Waals surface area contributed by atoms with Gasteiger partial charge in [-0.3, -0.25) is 0 Å². The van der Waals surface area contributed by atoms with Crippen LogP contribution in [-0.4, -0.2) is 10.2 Å². The second-order valence-electron chi connectivity index (χ2n) is 6.32. The molecule has 0 unspecified atom stereocenters. The van der Waals surface area contributed by atoms with Crippen molar-refractivity contribution in [2.75, 3.05) is 0 Å². The summed E-state index contributed by atoms with van der Waals surface area (Å²) in [5.41, 5.74) is 5.73. The molecule has 3 aromatic carbocycles. The Hall–Kier alpha value is 1.64. The van der Waals surface area contributed by atoms with Crippen LogP contribution in [0.25, 0.3) is 0 Å². The smallest absolute Gasteiger partial charge is 0.142 e. The molecule has 0 bridgehead atoms. The molecule has 3 rings (SSSR count). The van der Waals surface area contributed by atoms with Gasteiger partial charge in [0.25, 0.3) is 0 Å². The lowest BCUT2D eigenvalue weighted by Crippen LogP contribution is -1.98. The summed E-state index contributed by atoms with van der Waals surface area (Å²) in [6.07, 6.45) is 0. The second kappa shape index (κ2) is 14.1. The molecule has 0 saturated carbocycles. The Labute approximate surface area is 260 Å². The van der Waals surface area contributed by atoms with E-state index in [1.165, 1.54) is 29.4 Å². The summed E-state index contributed by atoms with van der Waals surface area (Å²) in [5.74, 6) is 0.715. The van der Waals surface area contributed by atoms with Gasteiger partial charge in [0.05, 0.1) is 7.14 Å². The molecule has 0 aliphatic rings. The van der Waals surface area contributed by atoms with E-state index in [1.807, 2.05) is 24.3 Å². The minimum atomic E-state index is 0.324. The molecule has 0 saturated heterocycles. The number of halogens is 6. The fraction of sp³-hybridized carbons (Fsp3) is 0.182. The molecule has 2 N–H and O–H groups in total. The molecular formula is C22H20I6O2. The summed E-state index contributed by atoms with van der Waals surface area (Å²) in [7, 11) is 0. The van der Waals surface area contributed by atoms with Crippen molar-refractivity contribution in [2.45, 2.75) is 27.7 Å². The number of hydrogen-bond donors (Lipinski definition) is 2. The van der Waals surface area contributed by atoms with Gasteiger partial charge in [0.1, 0.15) is 11.5 Å². The Morgan fingerprint density at radius 1 is 0.533 bits per heavy atom. The molecule has 3 aromatic rings. The van der Waals surface area contributed by atoms with Crippen molar-refractivity contribution < 1.29 is 10.2 Å².